The fourth-order valence-corrected chi connectivity index (χ4v) is 2.04. The van der Waals surface area contributed by atoms with Crippen LogP contribution in [-0.4, -0.2) is 18.6 Å². The highest BCUT2D eigenvalue weighted by Crippen LogP contribution is 2.20. The van der Waals surface area contributed by atoms with Gasteiger partial charge in [0.05, 0.1) is 6.10 Å². The van der Waals surface area contributed by atoms with Crippen LogP contribution in [0.3, 0.4) is 0 Å². The SMILES string of the molecule is ClCCCCCOC1CCCCC1. The number of alkyl halides is 1. The van der Waals surface area contributed by atoms with Crippen LogP contribution in [0.5, 0.6) is 0 Å². The molecule has 0 amide bonds. The molecule has 1 saturated carbocycles. The minimum atomic E-state index is 0.574. The Morgan fingerprint density at radius 1 is 1.00 bits per heavy atom. The standard InChI is InChI=1S/C11H21ClO/c12-9-5-2-6-10-13-11-7-3-1-4-8-11/h11H,1-10H2. The lowest BCUT2D eigenvalue weighted by Gasteiger charge is -2.21. The van der Waals surface area contributed by atoms with Crippen LogP contribution in [0.2, 0.25) is 0 Å². The van der Waals surface area contributed by atoms with Crippen LogP contribution >= 0.6 is 11.6 Å². The van der Waals surface area contributed by atoms with Crippen LogP contribution in [0, 0.1) is 0 Å². The number of rotatable bonds is 6. The van der Waals surface area contributed by atoms with Gasteiger partial charge in [-0.1, -0.05) is 19.3 Å². The highest BCUT2D eigenvalue weighted by Gasteiger charge is 2.12. The number of hydrogen-bond acceptors (Lipinski definition) is 1. The topological polar surface area (TPSA) is 9.23 Å². The van der Waals surface area contributed by atoms with E-state index in [-0.39, 0.29) is 0 Å². The highest BCUT2D eigenvalue weighted by atomic mass is 35.5. The molecule has 0 atom stereocenters. The van der Waals surface area contributed by atoms with E-state index in [2.05, 4.69) is 0 Å². The zero-order chi connectivity index (χ0) is 9.36. The van der Waals surface area contributed by atoms with E-state index in [1.54, 1.807) is 0 Å². The summed E-state index contributed by atoms with van der Waals surface area (Å²) in [7, 11) is 0. The Morgan fingerprint density at radius 2 is 1.77 bits per heavy atom. The zero-order valence-electron chi connectivity index (χ0n) is 8.43. The van der Waals surface area contributed by atoms with Gasteiger partial charge >= 0.3 is 0 Å². The Balaban J connectivity index is 1.86. The molecular formula is C11H21ClO. The maximum Gasteiger partial charge on any atom is 0.0575 e. The van der Waals surface area contributed by atoms with Crippen molar-refractivity contribution in [1.82, 2.24) is 0 Å². The molecule has 2 heteroatoms. The third-order valence-corrected chi connectivity index (χ3v) is 2.95. The van der Waals surface area contributed by atoms with Crippen LogP contribution in [0.15, 0.2) is 0 Å². The van der Waals surface area contributed by atoms with Gasteiger partial charge in [0, 0.05) is 12.5 Å². The quantitative estimate of drug-likeness (QED) is 0.473. The van der Waals surface area contributed by atoms with Gasteiger partial charge < -0.3 is 4.74 Å². The summed E-state index contributed by atoms with van der Waals surface area (Å²) in [5, 5.41) is 0. The summed E-state index contributed by atoms with van der Waals surface area (Å²) < 4.78 is 5.79. The molecule has 0 aromatic rings. The Hall–Kier alpha value is 0.250. The van der Waals surface area contributed by atoms with Crippen molar-refractivity contribution in [2.45, 2.75) is 57.5 Å². The second-order valence-corrected chi connectivity index (χ2v) is 4.26. The molecule has 1 fully saturated rings. The summed E-state index contributed by atoms with van der Waals surface area (Å²) in [6.07, 6.45) is 10.8. The average molecular weight is 205 g/mol. The molecule has 0 saturated heterocycles. The first-order chi connectivity index (χ1) is 6.43. The van der Waals surface area contributed by atoms with Crippen LogP contribution in [0.1, 0.15) is 51.4 Å². The number of unbranched alkanes of at least 4 members (excludes halogenated alkanes) is 2. The van der Waals surface area contributed by atoms with Gasteiger partial charge in [0.2, 0.25) is 0 Å². The van der Waals surface area contributed by atoms with E-state index in [4.69, 9.17) is 16.3 Å². The van der Waals surface area contributed by atoms with Gasteiger partial charge in [-0.05, 0) is 32.1 Å². The number of ether oxygens (including phenoxy) is 1. The van der Waals surface area contributed by atoms with Gasteiger partial charge in [0.15, 0.2) is 0 Å². The fraction of sp³-hybridized carbons (Fsp3) is 1.00. The number of hydrogen-bond donors (Lipinski definition) is 0. The normalized spacial score (nSPS) is 19.2. The van der Waals surface area contributed by atoms with Gasteiger partial charge in [0.25, 0.3) is 0 Å². The minimum absolute atomic E-state index is 0.574. The molecule has 0 aromatic heterocycles. The molecule has 13 heavy (non-hydrogen) atoms. The first-order valence-corrected chi connectivity index (χ1v) is 6.14. The predicted molar refractivity (Wildman–Crippen MR) is 57.4 cm³/mol. The molecule has 1 nitrogen and oxygen atoms in total. The van der Waals surface area contributed by atoms with E-state index in [0.717, 1.165) is 18.9 Å². The molecule has 0 aromatic carbocycles. The molecule has 1 aliphatic rings. The molecule has 1 rings (SSSR count). The van der Waals surface area contributed by atoms with Gasteiger partial charge in [-0.3, -0.25) is 0 Å². The van der Waals surface area contributed by atoms with Crippen molar-refractivity contribution in [1.29, 1.82) is 0 Å². The van der Waals surface area contributed by atoms with Crippen molar-refractivity contribution in [3.8, 4) is 0 Å². The van der Waals surface area contributed by atoms with Crippen molar-refractivity contribution in [3.63, 3.8) is 0 Å². The van der Waals surface area contributed by atoms with Gasteiger partial charge in [0.1, 0.15) is 0 Å². The van der Waals surface area contributed by atoms with Crippen LogP contribution in [0.4, 0.5) is 0 Å². The van der Waals surface area contributed by atoms with Crippen molar-refractivity contribution in [2.75, 3.05) is 12.5 Å². The fourth-order valence-electron chi connectivity index (χ4n) is 1.86. The largest absolute Gasteiger partial charge is 0.378 e. The van der Waals surface area contributed by atoms with Crippen LogP contribution in [0.25, 0.3) is 0 Å². The summed E-state index contributed by atoms with van der Waals surface area (Å²) in [6.45, 7) is 0.946. The first-order valence-electron chi connectivity index (χ1n) is 5.61. The predicted octanol–water partition coefficient (Wildman–Crippen LogP) is 3.74. The summed E-state index contributed by atoms with van der Waals surface area (Å²) in [4.78, 5) is 0. The van der Waals surface area contributed by atoms with E-state index in [1.807, 2.05) is 0 Å². The first kappa shape index (κ1) is 11.3. The van der Waals surface area contributed by atoms with Crippen molar-refractivity contribution >= 4 is 11.6 Å². The molecule has 0 N–H and O–H groups in total. The molecule has 78 valence electrons. The summed E-state index contributed by atoms with van der Waals surface area (Å²) >= 11 is 5.59. The second-order valence-electron chi connectivity index (χ2n) is 3.88. The van der Waals surface area contributed by atoms with Crippen molar-refractivity contribution < 1.29 is 4.74 Å². The Kier molecular flexibility index (Phi) is 6.65. The van der Waals surface area contributed by atoms with Crippen LogP contribution < -0.4 is 0 Å². The van der Waals surface area contributed by atoms with Crippen molar-refractivity contribution in [2.24, 2.45) is 0 Å². The van der Waals surface area contributed by atoms with E-state index in [9.17, 15) is 0 Å². The Morgan fingerprint density at radius 3 is 2.46 bits per heavy atom. The van der Waals surface area contributed by atoms with E-state index in [1.165, 1.54) is 44.9 Å². The maximum absolute atomic E-state index is 5.79. The lowest BCUT2D eigenvalue weighted by Crippen LogP contribution is -2.17. The molecule has 0 heterocycles. The van der Waals surface area contributed by atoms with E-state index < -0.39 is 0 Å². The molecule has 0 spiro atoms. The molecule has 0 radical (unpaired) electrons. The average Bonchev–Trinajstić information content (AvgIpc) is 2.19. The Bertz CT molecular complexity index is 111. The third kappa shape index (κ3) is 5.53. The molecule has 0 unspecified atom stereocenters. The summed E-state index contributed by atoms with van der Waals surface area (Å²) in [5.41, 5.74) is 0. The monoisotopic (exact) mass is 204 g/mol. The highest BCUT2D eigenvalue weighted by molar-refractivity contribution is 6.17. The minimum Gasteiger partial charge on any atom is -0.378 e. The molecule has 1 aliphatic carbocycles. The van der Waals surface area contributed by atoms with E-state index in [0.29, 0.717) is 6.10 Å². The maximum atomic E-state index is 5.79. The van der Waals surface area contributed by atoms with Gasteiger partial charge in [-0.25, -0.2) is 0 Å². The lowest BCUT2D eigenvalue weighted by atomic mass is 9.98. The number of halogens is 1. The smallest absolute Gasteiger partial charge is 0.0575 e. The Labute approximate surface area is 86.8 Å². The summed E-state index contributed by atoms with van der Waals surface area (Å²) in [5.74, 6) is 0.795. The van der Waals surface area contributed by atoms with Crippen LogP contribution in [-0.2, 0) is 4.74 Å². The van der Waals surface area contributed by atoms with Gasteiger partial charge in [-0.2, -0.15) is 0 Å². The summed E-state index contributed by atoms with van der Waals surface area (Å²) in [6, 6.07) is 0. The lowest BCUT2D eigenvalue weighted by molar-refractivity contribution is 0.0265. The molecule has 0 bridgehead atoms. The van der Waals surface area contributed by atoms with E-state index >= 15 is 0 Å². The molecule has 0 aliphatic heterocycles. The molecular weight excluding hydrogens is 184 g/mol. The third-order valence-electron chi connectivity index (χ3n) is 2.68. The van der Waals surface area contributed by atoms with Crippen molar-refractivity contribution in [3.05, 3.63) is 0 Å². The van der Waals surface area contributed by atoms with Gasteiger partial charge in [-0.15, -0.1) is 11.6 Å². The second kappa shape index (κ2) is 7.64. The zero-order valence-corrected chi connectivity index (χ0v) is 9.19.